The van der Waals surface area contributed by atoms with Gasteiger partial charge in [0.05, 0.1) is 0 Å². The molecule has 0 amide bonds. The number of thiazole rings is 1. The van der Waals surface area contributed by atoms with Crippen molar-refractivity contribution in [3.63, 3.8) is 0 Å². The normalized spacial score (nSPS) is 29.2. The molecular weight excluding hydrogens is 304 g/mol. The smallest absolute Gasteiger partial charge is 0.185 e. The number of hydrogen-bond acceptors (Lipinski definition) is 5. The molecule has 0 N–H and O–H groups in total. The van der Waals surface area contributed by atoms with Crippen LogP contribution in [0.4, 0.5) is 5.13 Å². The Morgan fingerprint density at radius 2 is 1.87 bits per heavy atom. The molecule has 3 heterocycles. The zero-order valence-corrected chi connectivity index (χ0v) is 14.6. The molecule has 0 spiro atoms. The molecule has 23 heavy (non-hydrogen) atoms. The van der Waals surface area contributed by atoms with E-state index in [2.05, 4.69) is 17.3 Å². The SMILES string of the molecule is N#CN1CC[C@H]2CCN(c3ncc(C4CCCCC4)s3)C[C@H]2C1. The van der Waals surface area contributed by atoms with E-state index in [1.165, 1.54) is 55.0 Å². The first-order valence-corrected chi connectivity index (χ1v) is 10.0. The molecule has 2 aliphatic heterocycles. The summed E-state index contributed by atoms with van der Waals surface area (Å²) in [5.74, 6) is 2.21. The number of likely N-dealkylation sites (tertiary alicyclic amines) is 1. The minimum absolute atomic E-state index is 0.638. The van der Waals surface area contributed by atoms with E-state index in [4.69, 9.17) is 10.2 Å². The molecule has 4 rings (SSSR count). The summed E-state index contributed by atoms with van der Waals surface area (Å²) in [4.78, 5) is 10.7. The molecule has 2 saturated heterocycles. The van der Waals surface area contributed by atoms with Crippen molar-refractivity contribution in [1.29, 1.82) is 5.26 Å². The van der Waals surface area contributed by atoms with Crippen molar-refractivity contribution in [1.82, 2.24) is 9.88 Å². The largest absolute Gasteiger partial charge is 0.348 e. The third-order valence-corrected chi connectivity index (χ3v) is 7.27. The number of anilines is 1. The number of aromatic nitrogens is 1. The van der Waals surface area contributed by atoms with Crippen LogP contribution in [0.5, 0.6) is 0 Å². The monoisotopic (exact) mass is 330 g/mol. The Morgan fingerprint density at radius 1 is 1.04 bits per heavy atom. The van der Waals surface area contributed by atoms with Gasteiger partial charge in [0.15, 0.2) is 11.3 Å². The molecule has 3 fully saturated rings. The Balaban J connectivity index is 1.42. The Morgan fingerprint density at radius 3 is 2.70 bits per heavy atom. The van der Waals surface area contributed by atoms with Gasteiger partial charge in [-0.25, -0.2) is 4.98 Å². The second kappa shape index (κ2) is 6.68. The summed E-state index contributed by atoms with van der Waals surface area (Å²) in [5, 5.41) is 10.4. The zero-order valence-electron chi connectivity index (χ0n) is 13.8. The Bertz CT molecular complexity index is 572. The standard InChI is InChI=1S/C18H26N4S/c19-13-21-8-6-14-7-9-22(12-16(14)11-21)18-20-10-17(23-18)15-4-2-1-3-5-15/h10,14-16H,1-9,11-12H2/t14-,16+/m0/s1. The minimum Gasteiger partial charge on any atom is -0.348 e. The van der Waals surface area contributed by atoms with Crippen molar-refractivity contribution < 1.29 is 0 Å². The molecule has 1 aromatic rings. The summed E-state index contributed by atoms with van der Waals surface area (Å²) in [6, 6.07) is 0. The van der Waals surface area contributed by atoms with Crippen LogP contribution in [0, 0.1) is 23.3 Å². The van der Waals surface area contributed by atoms with Gasteiger partial charge in [-0.2, -0.15) is 5.26 Å². The van der Waals surface area contributed by atoms with Crippen LogP contribution in [0.3, 0.4) is 0 Å². The fourth-order valence-corrected chi connectivity index (χ4v) is 5.75. The van der Waals surface area contributed by atoms with Gasteiger partial charge in [-0.15, -0.1) is 11.3 Å². The lowest BCUT2D eigenvalue weighted by Crippen LogP contribution is -2.48. The summed E-state index contributed by atoms with van der Waals surface area (Å²) in [5.41, 5.74) is 0. The number of rotatable bonds is 2. The minimum atomic E-state index is 0.638. The van der Waals surface area contributed by atoms with Gasteiger partial charge in [-0.3, -0.25) is 0 Å². The molecule has 1 aliphatic carbocycles. The topological polar surface area (TPSA) is 43.2 Å². The lowest BCUT2D eigenvalue weighted by molar-refractivity contribution is 0.145. The van der Waals surface area contributed by atoms with E-state index in [1.807, 2.05) is 16.2 Å². The fourth-order valence-electron chi connectivity index (χ4n) is 4.63. The predicted octanol–water partition coefficient (Wildman–Crippen LogP) is 3.82. The van der Waals surface area contributed by atoms with Crippen molar-refractivity contribution in [3.8, 4) is 6.19 Å². The maximum Gasteiger partial charge on any atom is 0.185 e. The van der Waals surface area contributed by atoms with Gasteiger partial charge in [-0.05, 0) is 43.4 Å². The molecule has 0 bridgehead atoms. The van der Waals surface area contributed by atoms with Crippen LogP contribution >= 0.6 is 11.3 Å². The number of nitriles is 1. The molecule has 1 aromatic heterocycles. The lowest BCUT2D eigenvalue weighted by Gasteiger charge is -2.43. The highest BCUT2D eigenvalue weighted by atomic mass is 32.1. The van der Waals surface area contributed by atoms with E-state index < -0.39 is 0 Å². The first kappa shape index (κ1) is 15.3. The average molecular weight is 331 g/mol. The third kappa shape index (κ3) is 3.19. The van der Waals surface area contributed by atoms with Gasteiger partial charge in [0.25, 0.3) is 0 Å². The molecule has 0 aromatic carbocycles. The van der Waals surface area contributed by atoms with Gasteiger partial charge in [0, 0.05) is 37.3 Å². The molecular formula is C18H26N4S. The molecule has 3 aliphatic rings. The van der Waals surface area contributed by atoms with Crippen molar-refractivity contribution in [3.05, 3.63) is 11.1 Å². The second-order valence-corrected chi connectivity index (χ2v) is 8.51. The van der Waals surface area contributed by atoms with E-state index >= 15 is 0 Å². The quantitative estimate of drug-likeness (QED) is 0.773. The van der Waals surface area contributed by atoms with Gasteiger partial charge < -0.3 is 9.80 Å². The average Bonchev–Trinajstić information content (AvgIpc) is 3.11. The van der Waals surface area contributed by atoms with Gasteiger partial charge in [0.2, 0.25) is 0 Å². The molecule has 1 saturated carbocycles. The molecule has 0 radical (unpaired) electrons. The Hall–Kier alpha value is -1.28. The van der Waals surface area contributed by atoms with Crippen molar-refractivity contribution >= 4 is 16.5 Å². The first-order valence-electron chi connectivity index (χ1n) is 9.19. The van der Waals surface area contributed by atoms with E-state index in [-0.39, 0.29) is 0 Å². The van der Waals surface area contributed by atoms with Gasteiger partial charge in [0.1, 0.15) is 0 Å². The summed E-state index contributed by atoms with van der Waals surface area (Å²) < 4.78 is 0. The summed E-state index contributed by atoms with van der Waals surface area (Å²) in [6.07, 6.45) is 13.8. The zero-order chi connectivity index (χ0) is 15.6. The highest BCUT2D eigenvalue weighted by molar-refractivity contribution is 7.15. The number of fused-ring (bicyclic) bond motifs is 1. The molecule has 124 valence electrons. The van der Waals surface area contributed by atoms with Crippen molar-refractivity contribution in [2.24, 2.45) is 11.8 Å². The molecule has 4 nitrogen and oxygen atoms in total. The van der Waals surface area contributed by atoms with Gasteiger partial charge >= 0.3 is 0 Å². The van der Waals surface area contributed by atoms with E-state index in [1.54, 1.807) is 0 Å². The Kier molecular flexibility index (Phi) is 4.43. The first-order chi connectivity index (χ1) is 11.3. The van der Waals surface area contributed by atoms with Crippen LogP contribution in [0.15, 0.2) is 6.20 Å². The van der Waals surface area contributed by atoms with Crippen LogP contribution in [-0.2, 0) is 0 Å². The lowest BCUT2D eigenvalue weighted by atomic mass is 9.80. The van der Waals surface area contributed by atoms with Crippen LogP contribution in [0.1, 0.15) is 55.7 Å². The summed E-state index contributed by atoms with van der Waals surface area (Å²) >= 11 is 1.93. The van der Waals surface area contributed by atoms with Crippen LogP contribution < -0.4 is 4.90 Å². The van der Waals surface area contributed by atoms with Gasteiger partial charge in [-0.1, -0.05) is 19.3 Å². The number of nitrogens with zero attached hydrogens (tertiary/aromatic N) is 4. The third-order valence-electron chi connectivity index (χ3n) is 6.05. The Labute approximate surface area is 143 Å². The highest BCUT2D eigenvalue weighted by Crippen LogP contribution is 2.39. The second-order valence-electron chi connectivity index (χ2n) is 7.47. The molecule has 5 heteroatoms. The maximum absolute atomic E-state index is 9.16. The van der Waals surface area contributed by atoms with E-state index in [0.717, 1.165) is 38.0 Å². The van der Waals surface area contributed by atoms with Crippen LogP contribution in [-0.4, -0.2) is 36.1 Å². The van der Waals surface area contributed by atoms with E-state index in [0.29, 0.717) is 5.92 Å². The fraction of sp³-hybridized carbons (Fsp3) is 0.778. The maximum atomic E-state index is 9.16. The highest BCUT2D eigenvalue weighted by Gasteiger charge is 2.34. The van der Waals surface area contributed by atoms with Crippen LogP contribution in [0.2, 0.25) is 0 Å². The summed E-state index contributed by atoms with van der Waals surface area (Å²) in [7, 11) is 0. The number of hydrogen-bond donors (Lipinski definition) is 0. The molecule has 0 unspecified atom stereocenters. The summed E-state index contributed by atoms with van der Waals surface area (Å²) in [6.45, 7) is 4.13. The number of piperidine rings is 2. The van der Waals surface area contributed by atoms with Crippen molar-refractivity contribution in [2.45, 2.75) is 50.9 Å². The molecule has 2 atom stereocenters. The van der Waals surface area contributed by atoms with E-state index in [9.17, 15) is 0 Å². The van der Waals surface area contributed by atoms with Crippen LogP contribution in [0.25, 0.3) is 0 Å². The predicted molar refractivity (Wildman–Crippen MR) is 93.6 cm³/mol. The van der Waals surface area contributed by atoms with Crippen molar-refractivity contribution in [2.75, 3.05) is 31.1 Å².